The summed E-state index contributed by atoms with van der Waals surface area (Å²) in [5, 5.41) is 2.99. The molecular weight excluding hydrogens is 480 g/mol. The SMILES string of the molecule is CCOC(=O)C1=C(CN2CCN(C(=O)c3ccccc3)[C@@H](C)C2)N(C)C(=O)N[C@H]1c1ccc(C(C)C)cc1. The Balaban J connectivity index is 1.61. The van der Waals surface area contributed by atoms with Crippen molar-refractivity contribution in [2.75, 3.05) is 39.8 Å². The molecule has 2 aromatic carbocycles. The summed E-state index contributed by atoms with van der Waals surface area (Å²) in [7, 11) is 1.68. The minimum absolute atomic E-state index is 0.0169. The average molecular weight is 519 g/mol. The molecule has 202 valence electrons. The van der Waals surface area contributed by atoms with Gasteiger partial charge in [-0.3, -0.25) is 14.6 Å². The number of carbonyl (C=O) groups excluding carboxylic acids is 3. The predicted molar refractivity (Wildman–Crippen MR) is 147 cm³/mol. The van der Waals surface area contributed by atoms with Crippen molar-refractivity contribution in [3.8, 4) is 0 Å². The van der Waals surface area contributed by atoms with Crippen LogP contribution in [0.2, 0.25) is 0 Å². The highest BCUT2D eigenvalue weighted by atomic mass is 16.5. The fourth-order valence-electron chi connectivity index (χ4n) is 5.16. The molecule has 1 N–H and O–H groups in total. The third kappa shape index (κ3) is 5.75. The number of benzene rings is 2. The molecule has 8 nitrogen and oxygen atoms in total. The predicted octanol–water partition coefficient (Wildman–Crippen LogP) is 4.17. The molecule has 0 aliphatic carbocycles. The number of carbonyl (C=O) groups is 3. The molecule has 2 aliphatic heterocycles. The van der Waals surface area contributed by atoms with E-state index < -0.39 is 12.0 Å². The number of urea groups is 1. The van der Waals surface area contributed by atoms with Crippen molar-refractivity contribution in [1.82, 2.24) is 20.0 Å². The quantitative estimate of drug-likeness (QED) is 0.557. The van der Waals surface area contributed by atoms with Gasteiger partial charge in [0.2, 0.25) is 0 Å². The summed E-state index contributed by atoms with van der Waals surface area (Å²) in [5.41, 5.74) is 3.77. The summed E-state index contributed by atoms with van der Waals surface area (Å²) >= 11 is 0. The molecule has 4 rings (SSSR count). The maximum Gasteiger partial charge on any atom is 0.338 e. The molecule has 2 heterocycles. The van der Waals surface area contributed by atoms with Crippen molar-refractivity contribution in [1.29, 1.82) is 0 Å². The standard InChI is InChI=1S/C30H38N4O4/c1-6-38-29(36)26-25(32(5)30(37)31-27(26)23-14-12-22(13-15-23)20(2)3)19-33-16-17-34(21(4)18-33)28(35)24-10-8-7-9-11-24/h7-15,20-21,27H,6,16-19H2,1-5H3,(H,31,37)/t21-,27-/m0/s1. The van der Waals surface area contributed by atoms with Crippen molar-refractivity contribution in [2.24, 2.45) is 0 Å². The molecule has 1 fully saturated rings. The van der Waals surface area contributed by atoms with Gasteiger partial charge in [-0.05, 0) is 43.0 Å². The number of piperazine rings is 1. The zero-order valence-corrected chi connectivity index (χ0v) is 22.9. The molecule has 2 atom stereocenters. The first-order valence-corrected chi connectivity index (χ1v) is 13.3. The van der Waals surface area contributed by atoms with Gasteiger partial charge >= 0.3 is 12.0 Å². The van der Waals surface area contributed by atoms with Gasteiger partial charge in [0.25, 0.3) is 5.91 Å². The van der Waals surface area contributed by atoms with Crippen molar-refractivity contribution in [3.05, 3.63) is 82.6 Å². The van der Waals surface area contributed by atoms with Crippen LogP contribution in [0.1, 0.15) is 61.1 Å². The fraction of sp³-hybridized carbons (Fsp3) is 0.433. The number of esters is 1. The Morgan fingerprint density at radius 1 is 1.05 bits per heavy atom. The summed E-state index contributed by atoms with van der Waals surface area (Å²) < 4.78 is 5.47. The van der Waals surface area contributed by atoms with Crippen LogP contribution in [0, 0.1) is 0 Å². The molecule has 0 unspecified atom stereocenters. The van der Waals surface area contributed by atoms with Gasteiger partial charge in [0.05, 0.1) is 18.2 Å². The van der Waals surface area contributed by atoms with Crippen molar-refractivity contribution in [2.45, 2.75) is 45.7 Å². The molecule has 0 saturated carbocycles. The Hall–Kier alpha value is -3.65. The van der Waals surface area contributed by atoms with Crippen LogP contribution < -0.4 is 5.32 Å². The molecule has 0 spiro atoms. The molecule has 38 heavy (non-hydrogen) atoms. The number of nitrogens with zero attached hydrogens (tertiary/aromatic N) is 3. The second-order valence-corrected chi connectivity index (χ2v) is 10.3. The van der Waals surface area contributed by atoms with Gasteiger partial charge in [-0.25, -0.2) is 9.59 Å². The normalized spacial score (nSPS) is 20.5. The second kappa shape index (κ2) is 11.8. The average Bonchev–Trinajstić information content (AvgIpc) is 2.91. The lowest BCUT2D eigenvalue weighted by molar-refractivity contribution is -0.139. The van der Waals surface area contributed by atoms with Crippen LogP contribution in [0.4, 0.5) is 4.79 Å². The van der Waals surface area contributed by atoms with E-state index in [9.17, 15) is 14.4 Å². The first-order valence-electron chi connectivity index (χ1n) is 13.3. The van der Waals surface area contributed by atoms with E-state index in [4.69, 9.17) is 4.74 Å². The first kappa shape index (κ1) is 27.4. The van der Waals surface area contributed by atoms with Crippen LogP contribution >= 0.6 is 0 Å². The zero-order valence-electron chi connectivity index (χ0n) is 22.9. The van der Waals surface area contributed by atoms with Gasteiger partial charge in [-0.1, -0.05) is 56.3 Å². The highest BCUT2D eigenvalue weighted by Crippen LogP contribution is 2.32. The lowest BCUT2D eigenvalue weighted by Crippen LogP contribution is -2.56. The molecule has 0 aromatic heterocycles. The van der Waals surface area contributed by atoms with Crippen LogP contribution in [0.3, 0.4) is 0 Å². The monoisotopic (exact) mass is 518 g/mol. The lowest BCUT2D eigenvalue weighted by atomic mass is 9.92. The van der Waals surface area contributed by atoms with Crippen LogP contribution in [0.15, 0.2) is 65.9 Å². The van der Waals surface area contributed by atoms with E-state index in [-0.39, 0.29) is 24.6 Å². The molecule has 8 heteroatoms. The van der Waals surface area contributed by atoms with E-state index >= 15 is 0 Å². The highest BCUT2D eigenvalue weighted by molar-refractivity contribution is 5.95. The van der Waals surface area contributed by atoms with Gasteiger partial charge in [0, 0.05) is 50.5 Å². The number of hydrogen-bond acceptors (Lipinski definition) is 5. The Labute approximate surface area is 225 Å². The Morgan fingerprint density at radius 2 is 1.74 bits per heavy atom. The van der Waals surface area contributed by atoms with Gasteiger partial charge in [0.15, 0.2) is 0 Å². The van der Waals surface area contributed by atoms with Crippen molar-refractivity contribution in [3.63, 3.8) is 0 Å². The van der Waals surface area contributed by atoms with Gasteiger partial charge in [-0.2, -0.15) is 0 Å². The van der Waals surface area contributed by atoms with Crippen molar-refractivity contribution < 1.29 is 19.1 Å². The maximum absolute atomic E-state index is 13.3. The Kier molecular flexibility index (Phi) is 8.52. The lowest BCUT2D eigenvalue weighted by Gasteiger charge is -2.42. The van der Waals surface area contributed by atoms with Crippen LogP contribution in [0.5, 0.6) is 0 Å². The van der Waals surface area contributed by atoms with E-state index in [1.165, 1.54) is 10.5 Å². The molecule has 2 aromatic rings. The summed E-state index contributed by atoms with van der Waals surface area (Å²) in [4.78, 5) is 45.0. The summed E-state index contributed by atoms with van der Waals surface area (Å²) in [6, 6.07) is 16.4. The zero-order chi connectivity index (χ0) is 27.4. The summed E-state index contributed by atoms with van der Waals surface area (Å²) in [6.45, 7) is 10.5. The molecular formula is C30H38N4O4. The van der Waals surface area contributed by atoms with Crippen molar-refractivity contribution >= 4 is 17.9 Å². The fourth-order valence-corrected chi connectivity index (χ4v) is 5.16. The topological polar surface area (TPSA) is 82.2 Å². The molecule has 2 aliphatic rings. The molecule has 1 saturated heterocycles. The van der Waals surface area contributed by atoms with E-state index in [0.29, 0.717) is 48.9 Å². The largest absolute Gasteiger partial charge is 0.463 e. The Morgan fingerprint density at radius 3 is 2.34 bits per heavy atom. The smallest absolute Gasteiger partial charge is 0.338 e. The number of nitrogens with one attached hydrogen (secondary N) is 1. The van der Waals surface area contributed by atoms with E-state index in [1.54, 1.807) is 14.0 Å². The summed E-state index contributed by atoms with van der Waals surface area (Å²) in [6.07, 6.45) is 0. The van der Waals surface area contributed by atoms with Gasteiger partial charge in [0.1, 0.15) is 0 Å². The van der Waals surface area contributed by atoms with E-state index in [0.717, 1.165) is 5.56 Å². The molecule has 0 radical (unpaired) electrons. The minimum Gasteiger partial charge on any atom is -0.463 e. The third-order valence-corrected chi connectivity index (χ3v) is 7.38. The number of ether oxygens (including phenoxy) is 1. The maximum atomic E-state index is 13.3. The highest BCUT2D eigenvalue weighted by Gasteiger charge is 2.38. The van der Waals surface area contributed by atoms with Crippen LogP contribution in [0.25, 0.3) is 0 Å². The van der Waals surface area contributed by atoms with Crippen LogP contribution in [-0.4, -0.2) is 78.5 Å². The first-order chi connectivity index (χ1) is 18.2. The summed E-state index contributed by atoms with van der Waals surface area (Å²) in [5.74, 6) is -0.0392. The van der Waals surface area contributed by atoms with Crippen LogP contribution in [-0.2, 0) is 9.53 Å². The number of likely N-dealkylation sites (N-methyl/N-ethyl adjacent to an activating group) is 1. The number of hydrogen-bond donors (Lipinski definition) is 1. The van der Waals surface area contributed by atoms with Gasteiger partial charge in [-0.15, -0.1) is 0 Å². The van der Waals surface area contributed by atoms with Gasteiger partial charge < -0.3 is 15.0 Å². The minimum atomic E-state index is -0.604. The third-order valence-electron chi connectivity index (χ3n) is 7.38. The van der Waals surface area contributed by atoms with E-state index in [1.807, 2.05) is 66.4 Å². The number of rotatable bonds is 7. The molecule has 3 amide bonds. The van der Waals surface area contributed by atoms with E-state index in [2.05, 4.69) is 24.1 Å². The second-order valence-electron chi connectivity index (χ2n) is 10.3. The molecule has 0 bridgehead atoms. The number of amides is 3. The Bertz CT molecular complexity index is 1190.